The highest BCUT2D eigenvalue weighted by molar-refractivity contribution is 7.17. The van der Waals surface area contributed by atoms with Crippen molar-refractivity contribution in [3.8, 4) is 10.4 Å². The number of benzene rings is 1. The van der Waals surface area contributed by atoms with Crippen LogP contribution in [-0.4, -0.2) is 26.6 Å². The Morgan fingerprint density at radius 3 is 2.83 bits per heavy atom. The van der Waals surface area contributed by atoms with Gasteiger partial charge in [-0.05, 0) is 54.2 Å². The normalized spacial score (nSPS) is 12.6. The van der Waals surface area contributed by atoms with Gasteiger partial charge in [0, 0.05) is 24.2 Å². The fraction of sp³-hybridized carbons (Fsp3) is 0.227. The molecule has 1 amide bonds. The molecule has 0 atom stereocenters. The molecule has 3 heterocycles. The first-order valence-corrected chi connectivity index (χ1v) is 10.6. The van der Waals surface area contributed by atoms with E-state index in [1.54, 1.807) is 29.7 Å². The number of hydrogen-bond acceptors (Lipinski definition) is 4. The van der Waals surface area contributed by atoms with Gasteiger partial charge >= 0.3 is 5.69 Å². The molecule has 1 aromatic carbocycles. The van der Waals surface area contributed by atoms with Crippen molar-refractivity contribution in [2.24, 2.45) is 0 Å². The lowest BCUT2D eigenvalue weighted by atomic mass is 9.91. The number of aryl methyl sites for hydroxylation is 3. The Morgan fingerprint density at radius 1 is 1.10 bits per heavy atom. The Balaban J connectivity index is 1.22. The highest BCUT2D eigenvalue weighted by atomic mass is 32.1. The highest BCUT2D eigenvalue weighted by Crippen LogP contribution is 2.39. The summed E-state index contributed by atoms with van der Waals surface area (Å²) in [4.78, 5) is 26.8. The lowest BCUT2D eigenvalue weighted by Crippen LogP contribution is -2.27. The molecule has 7 heteroatoms. The zero-order valence-corrected chi connectivity index (χ0v) is 16.6. The van der Waals surface area contributed by atoms with Crippen molar-refractivity contribution in [2.45, 2.75) is 25.8 Å². The number of hydrogen-bond donors (Lipinski definition) is 1. The summed E-state index contributed by atoms with van der Waals surface area (Å²) in [6.45, 7) is 0.966. The van der Waals surface area contributed by atoms with Gasteiger partial charge in [0.05, 0.1) is 4.88 Å². The lowest BCUT2D eigenvalue weighted by molar-refractivity contribution is 0.0956. The van der Waals surface area contributed by atoms with E-state index in [4.69, 9.17) is 0 Å². The summed E-state index contributed by atoms with van der Waals surface area (Å²) >= 11 is 1.56. The van der Waals surface area contributed by atoms with E-state index in [0.717, 1.165) is 17.7 Å². The largest absolute Gasteiger partial charge is 0.351 e. The van der Waals surface area contributed by atoms with Crippen molar-refractivity contribution >= 4 is 22.9 Å². The van der Waals surface area contributed by atoms with Crippen LogP contribution in [0.3, 0.4) is 0 Å². The second kappa shape index (κ2) is 7.33. The summed E-state index contributed by atoms with van der Waals surface area (Å²) in [6, 6.07) is 15.9. The molecule has 6 nitrogen and oxygen atoms in total. The van der Waals surface area contributed by atoms with Gasteiger partial charge in [-0.1, -0.05) is 30.3 Å². The third kappa shape index (κ3) is 3.27. The number of fused-ring (bicyclic) bond motifs is 4. The summed E-state index contributed by atoms with van der Waals surface area (Å²) in [5.41, 5.74) is 4.34. The van der Waals surface area contributed by atoms with E-state index in [1.807, 2.05) is 12.1 Å². The van der Waals surface area contributed by atoms with Crippen LogP contribution < -0.4 is 11.0 Å². The Labute approximate surface area is 171 Å². The van der Waals surface area contributed by atoms with Gasteiger partial charge in [-0.3, -0.25) is 9.20 Å². The number of nitrogens with one attached hydrogen (secondary N) is 1. The van der Waals surface area contributed by atoms with E-state index >= 15 is 0 Å². The molecule has 1 N–H and O–H groups in total. The van der Waals surface area contributed by atoms with Crippen LogP contribution in [0.1, 0.15) is 27.2 Å². The third-order valence-electron chi connectivity index (χ3n) is 5.28. The van der Waals surface area contributed by atoms with Gasteiger partial charge in [-0.25, -0.2) is 9.48 Å². The van der Waals surface area contributed by atoms with E-state index in [0.29, 0.717) is 25.2 Å². The highest BCUT2D eigenvalue weighted by Gasteiger charge is 2.21. The maximum Gasteiger partial charge on any atom is 0.350 e. The van der Waals surface area contributed by atoms with Crippen LogP contribution in [0.25, 0.3) is 16.1 Å². The summed E-state index contributed by atoms with van der Waals surface area (Å²) in [7, 11) is 0. The van der Waals surface area contributed by atoms with E-state index in [9.17, 15) is 9.59 Å². The fourth-order valence-electron chi connectivity index (χ4n) is 3.82. The second-order valence-corrected chi connectivity index (χ2v) is 8.22. The minimum absolute atomic E-state index is 0.0516. The molecular formula is C22H20N4O2S. The van der Waals surface area contributed by atoms with Crippen molar-refractivity contribution in [3.63, 3.8) is 0 Å². The number of thiophene rings is 1. The first-order chi connectivity index (χ1) is 14.2. The van der Waals surface area contributed by atoms with E-state index in [-0.39, 0.29) is 11.6 Å². The van der Waals surface area contributed by atoms with Crippen LogP contribution >= 0.6 is 11.3 Å². The summed E-state index contributed by atoms with van der Waals surface area (Å²) in [5.74, 6) is -0.0516. The second-order valence-electron chi connectivity index (χ2n) is 7.17. The monoisotopic (exact) mass is 404 g/mol. The van der Waals surface area contributed by atoms with Crippen molar-refractivity contribution in [1.29, 1.82) is 0 Å². The fourth-order valence-corrected chi connectivity index (χ4v) is 5.00. The van der Waals surface area contributed by atoms with Crippen LogP contribution in [0.4, 0.5) is 0 Å². The molecule has 29 heavy (non-hydrogen) atoms. The minimum atomic E-state index is -0.156. The Bertz CT molecular complexity index is 1270. The van der Waals surface area contributed by atoms with Crippen molar-refractivity contribution in [2.75, 3.05) is 6.54 Å². The first-order valence-electron chi connectivity index (χ1n) is 9.74. The average Bonchev–Trinajstić information content (AvgIpc) is 3.33. The summed E-state index contributed by atoms with van der Waals surface area (Å²) < 4.78 is 2.97. The number of aromatic nitrogens is 3. The average molecular weight is 404 g/mol. The molecule has 0 bridgehead atoms. The summed E-state index contributed by atoms with van der Waals surface area (Å²) in [6.07, 6.45) is 4.35. The van der Waals surface area contributed by atoms with Crippen LogP contribution in [0.2, 0.25) is 0 Å². The molecule has 4 aromatic rings. The molecule has 146 valence electrons. The van der Waals surface area contributed by atoms with Gasteiger partial charge in [-0.15, -0.1) is 16.4 Å². The predicted molar refractivity (Wildman–Crippen MR) is 114 cm³/mol. The number of amides is 1. The Morgan fingerprint density at radius 2 is 1.93 bits per heavy atom. The van der Waals surface area contributed by atoms with E-state index < -0.39 is 0 Å². The number of carbonyl (C=O) groups is 1. The quantitative estimate of drug-likeness (QED) is 0.520. The molecule has 0 spiro atoms. The van der Waals surface area contributed by atoms with Gasteiger partial charge in [0.1, 0.15) is 0 Å². The standard InChI is InChI=1S/C22H20N4O2S/c27-21(18-14-16-10-9-15-6-1-2-7-17(15)20(16)29-18)23-11-5-13-26-22(28)25-12-4-3-8-19(25)24-26/h1-4,6-8,12,14H,5,9-11,13H2,(H,23,27). The van der Waals surface area contributed by atoms with Gasteiger partial charge < -0.3 is 5.32 Å². The molecule has 0 saturated heterocycles. The van der Waals surface area contributed by atoms with Gasteiger partial charge in [0.15, 0.2) is 5.65 Å². The zero-order valence-electron chi connectivity index (χ0n) is 15.8. The third-order valence-corrected chi connectivity index (χ3v) is 6.49. The first kappa shape index (κ1) is 17.9. The van der Waals surface area contributed by atoms with E-state index in [1.165, 1.54) is 30.6 Å². The van der Waals surface area contributed by atoms with Crippen molar-refractivity contribution in [1.82, 2.24) is 19.5 Å². The molecule has 0 unspecified atom stereocenters. The molecular weight excluding hydrogens is 384 g/mol. The van der Waals surface area contributed by atoms with Crippen molar-refractivity contribution < 1.29 is 4.79 Å². The topological polar surface area (TPSA) is 68.4 Å². The van der Waals surface area contributed by atoms with Crippen LogP contribution in [0.5, 0.6) is 0 Å². The maximum absolute atomic E-state index is 12.6. The SMILES string of the molecule is O=C(NCCCn1nc2ccccn2c1=O)c1cc2c(s1)-c1ccccc1CC2. The minimum Gasteiger partial charge on any atom is -0.351 e. The molecule has 0 saturated carbocycles. The number of nitrogens with zero attached hydrogens (tertiary/aromatic N) is 3. The van der Waals surface area contributed by atoms with Crippen LogP contribution in [0, 0.1) is 0 Å². The lowest BCUT2D eigenvalue weighted by Gasteiger charge is -2.15. The number of rotatable bonds is 5. The Kier molecular flexibility index (Phi) is 4.52. The maximum atomic E-state index is 12.6. The molecule has 5 rings (SSSR count). The van der Waals surface area contributed by atoms with Gasteiger partial charge in [0.25, 0.3) is 5.91 Å². The van der Waals surface area contributed by atoms with E-state index in [2.05, 4.69) is 34.7 Å². The molecule has 0 radical (unpaired) electrons. The predicted octanol–water partition coefficient (Wildman–Crippen LogP) is 3.14. The number of carbonyl (C=O) groups excluding carboxylic acids is 1. The molecule has 0 fully saturated rings. The van der Waals surface area contributed by atoms with Crippen LogP contribution in [0.15, 0.2) is 59.5 Å². The number of pyridine rings is 1. The van der Waals surface area contributed by atoms with Crippen LogP contribution in [-0.2, 0) is 19.4 Å². The van der Waals surface area contributed by atoms with Crippen molar-refractivity contribution in [3.05, 3.63) is 81.2 Å². The summed E-state index contributed by atoms with van der Waals surface area (Å²) in [5, 5.41) is 7.29. The smallest absolute Gasteiger partial charge is 0.350 e. The van der Waals surface area contributed by atoms with Gasteiger partial charge in [-0.2, -0.15) is 0 Å². The Hall–Kier alpha value is -3.19. The molecule has 0 aliphatic heterocycles. The molecule has 1 aliphatic rings. The molecule has 1 aliphatic carbocycles. The van der Waals surface area contributed by atoms with Gasteiger partial charge in [0.2, 0.25) is 0 Å². The zero-order chi connectivity index (χ0) is 19.8. The molecule has 3 aromatic heterocycles.